The highest BCUT2D eigenvalue weighted by atomic mass is 19.2. The summed E-state index contributed by atoms with van der Waals surface area (Å²) in [6.45, 7) is 0. The van der Waals surface area contributed by atoms with Crippen molar-refractivity contribution in [3.63, 3.8) is 0 Å². The van der Waals surface area contributed by atoms with E-state index in [-0.39, 0.29) is 16.7 Å². The third kappa shape index (κ3) is 2.40. The maximum Gasteiger partial charge on any atom is 0.338 e. The van der Waals surface area contributed by atoms with Gasteiger partial charge in [-0.3, -0.25) is 0 Å². The molecule has 2 aromatic rings. The van der Waals surface area contributed by atoms with Crippen molar-refractivity contribution in [2.75, 3.05) is 12.8 Å². The van der Waals surface area contributed by atoms with Crippen molar-refractivity contribution in [1.29, 1.82) is 0 Å². The van der Waals surface area contributed by atoms with E-state index < -0.39 is 17.6 Å². The highest BCUT2D eigenvalue weighted by Crippen LogP contribution is 2.29. The van der Waals surface area contributed by atoms with Gasteiger partial charge in [0.05, 0.1) is 12.7 Å². The highest BCUT2D eigenvalue weighted by Gasteiger charge is 2.18. The number of nitrogen functional groups attached to an aromatic ring is 1. The number of methoxy groups -OCH3 is 1. The first-order valence-corrected chi connectivity index (χ1v) is 5.47. The fourth-order valence-corrected chi connectivity index (χ4v) is 1.79. The van der Waals surface area contributed by atoms with Crippen molar-refractivity contribution < 1.29 is 18.3 Å². The van der Waals surface area contributed by atoms with Gasteiger partial charge in [0.1, 0.15) is 0 Å². The highest BCUT2D eigenvalue weighted by molar-refractivity contribution is 5.98. The van der Waals surface area contributed by atoms with E-state index in [4.69, 9.17) is 5.73 Å². The van der Waals surface area contributed by atoms with Gasteiger partial charge in [-0.1, -0.05) is 18.2 Å². The normalized spacial score (nSPS) is 10.3. The van der Waals surface area contributed by atoms with Crippen LogP contribution in [0.3, 0.4) is 0 Å². The summed E-state index contributed by atoms with van der Waals surface area (Å²) in [5.74, 6) is -2.66. The minimum Gasteiger partial charge on any atom is -0.465 e. The monoisotopic (exact) mass is 263 g/mol. The van der Waals surface area contributed by atoms with Crippen LogP contribution < -0.4 is 5.73 Å². The maximum atomic E-state index is 13.8. The number of ether oxygens (including phenoxy) is 1. The second-order valence-electron chi connectivity index (χ2n) is 3.90. The van der Waals surface area contributed by atoms with Crippen LogP contribution in [0, 0.1) is 11.6 Å². The number of esters is 1. The number of hydrogen-bond acceptors (Lipinski definition) is 3. The van der Waals surface area contributed by atoms with Gasteiger partial charge in [0.25, 0.3) is 0 Å². The fraction of sp³-hybridized carbons (Fsp3) is 0.0714. The fourth-order valence-electron chi connectivity index (χ4n) is 1.79. The quantitative estimate of drug-likeness (QED) is 0.669. The maximum absolute atomic E-state index is 13.8. The number of benzene rings is 2. The van der Waals surface area contributed by atoms with Gasteiger partial charge in [-0.05, 0) is 23.8 Å². The molecule has 19 heavy (non-hydrogen) atoms. The molecule has 0 unspecified atom stereocenters. The first kappa shape index (κ1) is 13.0. The smallest absolute Gasteiger partial charge is 0.338 e. The lowest BCUT2D eigenvalue weighted by atomic mass is 9.98. The summed E-state index contributed by atoms with van der Waals surface area (Å²) in [6, 6.07) is 8.09. The van der Waals surface area contributed by atoms with Crippen LogP contribution in [0.2, 0.25) is 0 Å². The number of carbonyl (C=O) groups is 1. The summed E-state index contributed by atoms with van der Waals surface area (Å²) in [5, 5.41) is 0. The van der Waals surface area contributed by atoms with Crippen molar-refractivity contribution >= 4 is 11.7 Å². The van der Waals surface area contributed by atoms with E-state index >= 15 is 0 Å². The lowest BCUT2D eigenvalue weighted by Gasteiger charge is -2.10. The van der Waals surface area contributed by atoms with Gasteiger partial charge in [-0.2, -0.15) is 0 Å². The lowest BCUT2D eigenvalue weighted by Crippen LogP contribution is -2.05. The first-order valence-electron chi connectivity index (χ1n) is 5.47. The van der Waals surface area contributed by atoms with Crippen LogP contribution in [0.1, 0.15) is 10.4 Å². The predicted molar refractivity (Wildman–Crippen MR) is 67.5 cm³/mol. The Morgan fingerprint density at radius 3 is 2.58 bits per heavy atom. The summed E-state index contributed by atoms with van der Waals surface area (Å²) in [6.07, 6.45) is 0. The zero-order valence-corrected chi connectivity index (χ0v) is 10.1. The molecule has 2 N–H and O–H groups in total. The number of hydrogen-bond donors (Lipinski definition) is 1. The van der Waals surface area contributed by atoms with Crippen molar-refractivity contribution in [1.82, 2.24) is 0 Å². The Hall–Kier alpha value is -2.43. The Kier molecular flexibility index (Phi) is 3.46. The van der Waals surface area contributed by atoms with Crippen LogP contribution in [-0.4, -0.2) is 13.1 Å². The van der Waals surface area contributed by atoms with E-state index in [1.165, 1.54) is 37.4 Å². The Labute approximate surface area is 108 Å². The summed E-state index contributed by atoms with van der Waals surface area (Å²) in [7, 11) is 1.21. The molecular formula is C14H11F2NO2. The molecule has 3 nitrogen and oxygen atoms in total. The van der Waals surface area contributed by atoms with Gasteiger partial charge in [-0.25, -0.2) is 13.6 Å². The average molecular weight is 263 g/mol. The Morgan fingerprint density at radius 2 is 1.89 bits per heavy atom. The zero-order chi connectivity index (χ0) is 14.0. The number of anilines is 1. The van der Waals surface area contributed by atoms with Crippen LogP contribution in [-0.2, 0) is 4.74 Å². The van der Waals surface area contributed by atoms with E-state index in [0.29, 0.717) is 5.69 Å². The van der Waals surface area contributed by atoms with Gasteiger partial charge in [0.15, 0.2) is 11.6 Å². The third-order valence-corrected chi connectivity index (χ3v) is 2.69. The van der Waals surface area contributed by atoms with Gasteiger partial charge >= 0.3 is 5.97 Å². The van der Waals surface area contributed by atoms with Crippen molar-refractivity contribution in [3.05, 3.63) is 53.6 Å². The van der Waals surface area contributed by atoms with Gasteiger partial charge in [-0.15, -0.1) is 0 Å². The van der Waals surface area contributed by atoms with Crippen LogP contribution in [0.25, 0.3) is 11.1 Å². The second kappa shape index (κ2) is 5.06. The SMILES string of the molecule is COC(=O)c1cc(N)ccc1-c1cccc(F)c1F. The molecule has 0 aliphatic carbocycles. The summed E-state index contributed by atoms with van der Waals surface area (Å²) in [5.41, 5.74) is 6.24. The molecule has 0 bridgehead atoms. The molecule has 0 spiro atoms. The second-order valence-corrected chi connectivity index (χ2v) is 3.90. The number of nitrogens with two attached hydrogens (primary N) is 1. The zero-order valence-electron chi connectivity index (χ0n) is 10.1. The van der Waals surface area contributed by atoms with Crippen LogP contribution in [0.5, 0.6) is 0 Å². The molecular weight excluding hydrogens is 252 g/mol. The van der Waals surface area contributed by atoms with Gasteiger partial charge in [0.2, 0.25) is 0 Å². The summed E-state index contributed by atoms with van der Waals surface area (Å²) >= 11 is 0. The van der Waals surface area contributed by atoms with Crippen molar-refractivity contribution in [2.24, 2.45) is 0 Å². The molecule has 0 heterocycles. The van der Waals surface area contributed by atoms with Crippen LogP contribution in [0.15, 0.2) is 36.4 Å². The summed E-state index contributed by atoms with van der Waals surface area (Å²) in [4.78, 5) is 11.7. The molecule has 0 aromatic heterocycles. The largest absolute Gasteiger partial charge is 0.465 e. The molecule has 98 valence electrons. The first-order chi connectivity index (χ1) is 9.04. The van der Waals surface area contributed by atoms with Gasteiger partial charge < -0.3 is 10.5 Å². The van der Waals surface area contributed by atoms with Crippen molar-refractivity contribution in [2.45, 2.75) is 0 Å². The summed E-state index contributed by atoms with van der Waals surface area (Å²) < 4.78 is 31.6. The van der Waals surface area contributed by atoms with E-state index in [1.54, 1.807) is 0 Å². The molecule has 0 radical (unpaired) electrons. The number of rotatable bonds is 2. The molecule has 0 aliphatic heterocycles. The predicted octanol–water partition coefficient (Wildman–Crippen LogP) is 3.00. The topological polar surface area (TPSA) is 52.3 Å². The van der Waals surface area contributed by atoms with E-state index in [2.05, 4.69) is 4.74 Å². The van der Waals surface area contributed by atoms with Gasteiger partial charge in [0, 0.05) is 11.3 Å². The molecule has 0 atom stereocenters. The van der Waals surface area contributed by atoms with Crippen LogP contribution >= 0.6 is 0 Å². The third-order valence-electron chi connectivity index (χ3n) is 2.69. The average Bonchev–Trinajstić information content (AvgIpc) is 2.41. The van der Waals surface area contributed by atoms with E-state index in [0.717, 1.165) is 6.07 Å². The Balaban J connectivity index is 2.68. The Morgan fingerprint density at radius 1 is 1.16 bits per heavy atom. The minimum atomic E-state index is -1.02. The molecule has 2 rings (SSSR count). The molecule has 0 aliphatic rings. The standard InChI is InChI=1S/C14H11F2NO2/c1-19-14(18)11-7-8(17)5-6-9(11)10-3-2-4-12(15)13(10)16/h2-7H,17H2,1H3. The van der Waals surface area contributed by atoms with Crippen LogP contribution in [0.4, 0.5) is 14.5 Å². The number of carbonyl (C=O) groups excluding carboxylic acids is 1. The van der Waals surface area contributed by atoms with E-state index in [9.17, 15) is 13.6 Å². The molecule has 0 fully saturated rings. The molecule has 0 saturated carbocycles. The van der Waals surface area contributed by atoms with E-state index in [1.807, 2.05) is 0 Å². The molecule has 0 saturated heterocycles. The number of halogens is 2. The molecule has 0 amide bonds. The minimum absolute atomic E-state index is 0.0135. The molecule has 2 aromatic carbocycles. The Bertz CT molecular complexity index is 641. The molecule has 5 heteroatoms. The lowest BCUT2D eigenvalue weighted by molar-refractivity contribution is 0.0601. The van der Waals surface area contributed by atoms with Crippen molar-refractivity contribution in [3.8, 4) is 11.1 Å².